The largest absolute Gasteiger partial charge is 0.369 e. The molecule has 0 atom stereocenters. The normalized spacial score (nSPS) is 14.9. The fourth-order valence-electron chi connectivity index (χ4n) is 3.84. The van der Waals surface area contributed by atoms with Gasteiger partial charge >= 0.3 is 0 Å². The Morgan fingerprint density at radius 2 is 1.37 bits per heavy atom. The van der Waals surface area contributed by atoms with Gasteiger partial charge in [-0.2, -0.15) is 0 Å². The lowest BCUT2D eigenvalue weighted by Crippen LogP contribution is -2.45. The van der Waals surface area contributed by atoms with Gasteiger partial charge in [-0.1, -0.05) is 78.9 Å². The SMILES string of the molecule is O=C(/C=C/c1ccc(CN2CCN(c3ccccc3)CC2)cc1)Cc1ccccc1. The van der Waals surface area contributed by atoms with E-state index in [4.69, 9.17) is 0 Å². The van der Waals surface area contributed by atoms with Crippen LogP contribution in [0.3, 0.4) is 0 Å². The summed E-state index contributed by atoms with van der Waals surface area (Å²) < 4.78 is 0. The molecule has 0 radical (unpaired) electrons. The summed E-state index contributed by atoms with van der Waals surface area (Å²) in [6, 6.07) is 29.1. The molecule has 0 amide bonds. The molecule has 1 aliphatic rings. The third-order valence-corrected chi connectivity index (χ3v) is 5.56. The van der Waals surface area contributed by atoms with Crippen LogP contribution < -0.4 is 4.90 Å². The van der Waals surface area contributed by atoms with Crippen molar-refractivity contribution in [1.82, 2.24) is 4.90 Å². The lowest BCUT2D eigenvalue weighted by Gasteiger charge is -2.36. The van der Waals surface area contributed by atoms with Crippen LogP contribution in [0.1, 0.15) is 16.7 Å². The second kappa shape index (κ2) is 10.0. The van der Waals surface area contributed by atoms with Crippen LogP contribution in [-0.4, -0.2) is 36.9 Å². The number of hydrogen-bond donors (Lipinski definition) is 0. The number of nitrogens with zero attached hydrogens (tertiary/aromatic N) is 2. The van der Waals surface area contributed by atoms with Crippen molar-refractivity contribution >= 4 is 17.5 Å². The third kappa shape index (κ3) is 5.68. The van der Waals surface area contributed by atoms with Crippen LogP contribution in [0.2, 0.25) is 0 Å². The molecular formula is C27H28N2O. The monoisotopic (exact) mass is 396 g/mol. The highest BCUT2D eigenvalue weighted by Gasteiger charge is 2.17. The number of piperazine rings is 1. The van der Waals surface area contributed by atoms with E-state index in [1.807, 2.05) is 36.4 Å². The highest BCUT2D eigenvalue weighted by Crippen LogP contribution is 2.17. The van der Waals surface area contributed by atoms with Crippen molar-refractivity contribution in [3.8, 4) is 0 Å². The Labute approximate surface area is 179 Å². The first-order chi connectivity index (χ1) is 14.8. The van der Waals surface area contributed by atoms with Crippen molar-refractivity contribution in [2.24, 2.45) is 0 Å². The lowest BCUT2D eigenvalue weighted by molar-refractivity contribution is -0.113. The number of carbonyl (C=O) groups is 1. The molecule has 0 aliphatic carbocycles. The summed E-state index contributed by atoms with van der Waals surface area (Å²) in [4.78, 5) is 17.1. The van der Waals surface area contributed by atoms with E-state index < -0.39 is 0 Å². The van der Waals surface area contributed by atoms with Gasteiger partial charge in [-0.05, 0) is 34.9 Å². The van der Waals surface area contributed by atoms with Gasteiger partial charge in [0, 0.05) is 44.8 Å². The Balaban J connectivity index is 1.25. The molecule has 1 saturated heterocycles. The molecule has 0 aromatic heterocycles. The van der Waals surface area contributed by atoms with Crippen molar-refractivity contribution in [1.29, 1.82) is 0 Å². The number of para-hydroxylation sites is 1. The maximum absolute atomic E-state index is 12.1. The molecule has 0 spiro atoms. The zero-order valence-corrected chi connectivity index (χ0v) is 17.3. The summed E-state index contributed by atoms with van der Waals surface area (Å²) in [5.41, 5.74) is 4.75. The number of allylic oxidation sites excluding steroid dienone is 1. The molecule has 0 saturated carbocycles. The van der Waals surface area contributed by atoms with Gasteiger partial charge in [0.15, 0.2) is 5.78 Å². The molecule has 152 valence electrons. The van der Waals surface area contributed by atoms with Gasteiger partial charge in [0.1, 0.15) is 0 Å². The molecule has 3 nitrogen and oxygen atoms in total. The van der Waals surface area contributed by atoms with Crippen LogP contribution in [0.5, 0.6) is 0 Å². The average molecular weight is 397 g/mol. The smallest absolute Gasteiger partial charge is 0.160 e. The molecule has 3 heteroatoms. The molecule has 3 aromatic carbocycles. The molecule has 3 aromatic rings. The minimum Gasteiger partial charge on any atom is -0.369 e. The topological polar surface area (TPSA) is 23.6 Å². The first-order valence-electron chi connectivity index (χ1n) is 10.6. The lowest BCUT2D eigenvalue weighted by atomic mass is 10.1. The molecule has 1 aliphatic heterocycles. The van der Waals surface area contributed by atoms with Crippen molar-refractivity contribution < 1.29 is 4.79 Å². The maximum atomic E-state index is 12.1. The molecule has 0 bridgehead atoms. The predicted octanol–water partition coefficient (Wildman–Crippen LogP) is 4.83. The van der Waals surface area contributed by atoms with E-state index >= 15 is 0 Å². The van der Waals surface area contributed by atoms with Crippen LogP contribution in [0.25, 0.3) is 6.08 Å². The van der Waals surface area contributed by atoms with Crippen LogP contribution in [0.15, 0.2) is 91.0 Å². The quantitative estimate of drug-likeness (QED) is 0.534. The first kappa shape index (κ1) is 20.1. The molecular weight excluding hydrogens is 368 g/mol. The fourth-order valence-corrected chi connectivity index (χ4v) is 3.84. The number of rotatable bonds is 7. The van der Waals surface area contributed by atoms with Gasteiger partial charge in [0.2, 0.25) is 0 Å². The van der Waals surface area contributed by atoms with E-state index in [1.54, 1.807) is 6.08 Å². The summed E-state index contributed by atoms with van der Waals surface area (Å²) in [5, 5.41) is 0. The standard InChI is InChI=1S/C27H28N2O/c30-27(21-24-7-3-1-4-8-24)16-15-23-11-13-25(14-12-23)22-28-17-19-29(20-18-28)26-9-5-2-6-10-26/h1-16H,17-22H2/b16-15+. The number of carbonyl (C=O) groups excluding carboxylic acids is 1. The van der Waals surface area contributed by atoms with Crippen LogP contribution in [0.4, 0.5) is 5.69 Å². The Kier molecular flexibility index (Phi) is 6.73. The Morgan fingerprint density at radius 1 is 0.733 bits per heavy atom. The second-order valence-electron chi connectivity index (χ2n) is 7.80. The maximum Gasteiger partial charge on any atom is 0.160 e. The highest BCUT2D eigenvalue weighted by atomic mass is 16.1. The van der Waals surface area contributed by atoms with Gasteiger partial charge < -0.3 is 4.90 Å². The van der Waals surface area contributed by atoms with Crippen molar-refractivity contribution in [2.45, 2.75) is 13.0 Å². The zero-order valence-electron chi connectivity index (χ0n) is 17.3. The molecule has 1 heterocycles. The highest BCUT2D eigenvalue weighted by molar-refractivity contribution is 5.95. The first-order valence-corrected chi connectivity index (χ1v) is 10.6. The summed E-state index contributed by atoms with van der Waals surface area (Å²) in [6.07, 6.45) is 4.04. The van der Waals surface area contributed by atoms with Crippen LogP contribution in [0, 0.1) is 0 Å². The van der Waals surface area contributed by atoms with Crippen molar-refractivity contribution in [3.05, 3.63) is 108 Å². The number of anilines is 1. The molecule has 1 fully saturated rings. The summed E-state index contributed by atoms with van der Waals surface area (Å²) in [7, 11) is 0. The van der Waals surface area contributed by atoms with Crippen molar-refractivity contribution in [2.75, 3.05) is 31.1 Å². The van der Waals surface area contributed by atoms with Gasteiger partial charge in [-0.3, -0.25) is 9.69 Å². The van der Waals surface area contributed by atoms with Crippen molar-refractivity contribution in [3.63, 3.8) is 0 Å². The van der Waals surface area contributed by atoms with Gasteiger partial charge in [-0.15, -0.1) is 0 Å². The minimum absolute atomic E-state index is 0.126. The average Bonchev–Trinajstić information content (AvgIpc) is 2.80. The van der Waals surface area contributed by atoms with E-state index in [0.717, 1.165) is 43.9 Å². The Hall–Kier alpha value is -3.17. The van der Waals surface area contributed by atoms with E-state index in [-0.39, 0.29) is 5.78 Å². The number of ketones is 1. The van der Waals surface area contributed by atoms with E-state index in [9.17, 15) is 4.79 Å². The fraction of sp³-hybridized carbons (Fsp3) is 0.222. The molecule has 0 unspecified atom stereocenters. The Morgan fingerprint density at radius 3 is 2.03 bits per heavy atom. The predicted molar refractivity (Wildman–Crippen MR) is 125 cm³/mol. The Bertz CT molecular complexity index is 957. The molecule has 4 rings (SSSR count). The summed E-state index contributed by atoms with van der Waals surface area (Å²) in [5.74, 6) is 0.126. The zero-order chi connectivity index (χ0) is 20.6. The summed E-state index contributed by atoms with van der Waals surface area (Å²) in [6.45, 7) is 5.25. The molecule has 0 N–H and O–H groups in total. The van der Waals surface area contributed by atoms with E-state index in [0.29, 0.717) is 6.42 Å². The van der Waals surface area contributed by atoms with Crippen LogP contribution >= 0.6 is 0 Å². The second-order valence-corrected chi connectivity index (χ2v) is 7.80. The van der Waals surface area contributed by atoms with E-state index in [2.05, 4.69) is 64.4 Å². The third-order valence-electron chi connectivity index (χ3n) is 5.56. The van der Waals surface area contributed by atoms with Gasteiger partial charge in [0.25, 0.3) is 0 Å². The van der Waals surface area contributed by atoms with Gasteiger partial charge in [-0.25, -0.2) is 0 Å². The van der Waals surface area contributed by atoms with E-state index in [1.165, 1.54) is 11.3 Å². The number of hydrogen-bond acceptors (Lipinski definition) is 3. The van der Waals surface area contributed by atoms with Crippen LogP contribution in [-0.2, 0) is 17.8 Å². The summed E-state index contributed by atoms with van der Waals surface area (Å²) >= 11 is 0. The van der Waals surface area contributed by atoms with Gasteiger partial charge in [0.05, 0.1) is 0 Å². The molecule has 30 heavy (non-hydrogen) atoms. The number of benzene rings is 3. The minimum atomic E-state index is 0.126.